The Balaban J connectivity index is 1.32. The van der Waals surface area contributed by atoms with E-state index < -0.39 is 6.04 Å². The van der Waals surface area contributed by atoms with E-state index in [2.05, 4.69) is 27.4 Å². The van der Waals surface area contributed by atoms with E-state index in [0.29, 0.717) is 17.2 Å². The van der Waals surface area contributed by atoms with E-state index in [1.54, 1.807) is 24.3 Å². The Morgan fingerprint density at radius 3 is 2.37 bits per heavy atom. The van der Waals surface area contributed by atoms with Crippen molar-refractivity contribution in [2.75, 3.05) is 32.7 Å². The van der Waals surface area contributed by atoms with Gasteiger partial charge in [-0.1, -0.05) is 18.3 Å². The number of likely N-dealkylation sites (tertiary alicyclic amines) is 2. The van der Waals surface area contributed by atoms with E-state index >= 15 is 0 Å². The molecule has 1 unspecified atom stereocenters. The number of hydrogen-bond acceptors (Lipinski definition) is 4. The summed E-state index contributed by atoms with van der Waals surface area (Å²) in [4.78, 5) is 40.5. The van der Waals surface area contributed by atoms with Crippen LogP contribution in [0.1, 0.15) is 48.0 Å². The molecule has 4 rings (SSSR count). The molecule has 3 saturated heterocycles. The maximum absolute atomic E-state index is 12.9. The van der Waals surface area contributed by atoms with Gasteiger partial charge >= 0.3 is 0 Å². The summed E-state index contributed by atoms with van der Waals surface area (Å²) in [7, 11) is 0. The molecule has 0 aromatic heterocycles. The molecule has 0 saturated carbocycles. The number of benzene rings is 1. The molecule has 30 heavy (non-hydrogen) atoms. The van der Waals surface area contributed by atoms with Gasteiger partial charge in [-0.3, -0.25) is 14.4 Å². The first-order chi connectivity index (χ1) is 14.6. The molecule has 1 aromatic rings. The monoisotopic (exact) mass is 408 g/mol. The highest BCUT2D eigenvalue weighted by atomic mass is 16.2. The lowest BCUT2D eigenvalue weighted by atomic mass is 9.99. The minimum atomic E-state index is -0.839. The van der Waals surface area contributed by atoms with Crippen molar-refractivity contribution in [2.24, 2.45) is 0 Å². The van der Waals surface area contributed by atoms with Crippen LogP contribution < -0.4 is 10.6 Å². The van der Waals surface area contributed by atoms with Gasteiger partial charge in [0.2, 0.25) is 5.91 Å². The highest BCUT2D eigenvalue weighted by Gasteiger charge is 2.28. The minimum Gasteiger partial charge on any atom is -0.344 e. The number of rotatable bonds is 2. The van der Waals surface area contributed by atoms with Gasteiger partial charge < -0.3 is 20.4 Å². The molecule has 3 fully saturated rings. The lowest BCUT2D eigenvalue weighted by molar-refractivity contribution is -0.132. The molecule has 1 atom stereocenters. The first-order valence-electron chi connectivity index (χ1n) is 10.8. The van der Waals surface area contributed by atoms with Gasteiger partial charge in [0.25, 0.3) is 11.8 Å². The smallest absolute Gasteiger partial charge is 0.255 e. The van der Waals surface area contributed by atoms with Crippen molar-refractivity contribution in [3.05, 3.63) is 35.4 Å². The van der Waals surface area contributed by atoms with Crippen LogP contribution in [0.5, 0.6) is 0 Å². The van der Waals surface area contributed by atoms with Crippen LogP contribution in [0.2, 0.25) is 0 Å². The number of nitrogens with one attached hydrogen (secondary N) is 2. The molecule has 3 aliphatic heterocycles. The number of piperazine rings is 1. The van der Waals surface area contributed by atoms with Crippen molar-refractivity contribution < 1.29 is 14.4 Å². The summed E-state index contributed by atoms with van der Waals surface area (Å²) in [5, 5.41) is 5.04. The average Bonchev–Trinajstić information content (AvgIpc) is 2.80. The number of carbonyl (C=O) groups is 3. The van der Waals surface area contributed by atoms with E-state index in [4.69, 9.17) is 0 Å². The Kier molecular flexibility index (Phi) is 6.34. The summed E-state index contributed by atoms with van der Waals surface area (Å²) in [6.07, 6.45) is 6.03. The lowest BCUT2D eigenvalue weighted by Gasteiger charge is -2.40. The molecular formula is C23H28N4O3. The van der Waals surface area contributed by atoms with Gasteiger partial charge in [0.05, 0.1) is 6.54 Å². The molecule has 0 radical (unpaired) electrons. The molecule has 3 aliphatic rings. The first kappa shape index (κ1) is 20.4. The Morgan fingerprint density at radius 2 is 1.67 bits per heavy atom. The number of piperidine rings is 2. The predicted octanol–water partition coefficient (Wildman–Crippen LogP) is 0.743. The summed E-state index contributed by atoms with van der Waals surface area (Å²) in [6, 6.07) is 6.90. The molecule has 0 aliphatic carbocycles. The van der Waals surface area contributed by atoms with Gasteiger partial charge in [0, 0.05) is 30.3 Å². The van der Waals surface area contributed by atoms with Crippen molar-refractivity contribution in [3.63, 3.8) is 0 Å². The van der Waals surface area contributed by atoms with Gasteiger partial charge in [0.15, 0.2) is 6.04 Å². The van der Waals surface area contributed by atoms with E-state index in [1.807, 2.05) is 4.90 Å². The van der Waals surface area contributed by atoms with Gasteiger partial charge in [0.1, 0.15) is 0 Å². The fraction of sp³-hybridized carbons (Fsp3) is 0.522. The Bertz CT molecular complexity index is 857. The van der Waals surface area contributed by atoms with Crippen LogP contribution in [0.4, 0.5) is 0 Å². The summed E-state index contributed by atoms with van der Waals surface area (Å²) in [5.74, 6) is 5.18. The van der Waals surface area contributed by atoms with Gasteiger partial charge in [-0.25, -0.2) is 0 Å². The van der Waals surface area contributed by atoms with Gasteiger partial charge in [-0.15, -0.1) is 0 Å². The standard InChI is InChI=1S/C23H28N4O3/c28-21-16-24-22(29)20(25-21)9-6-17-4-7-18(8-5-17)23(30)27-14-10-19(11-15-27)26-12-2-1-3-13-26/h4-5,7-8,19-20H,1-3,10-16H2,(H,24,29)(H,25,28). The van der Waals surface area contributed by atoms with E-state index in [0.717, 1.165) is 25.9 Å². The topological polar surface area (TPSA) is 81.8 Å². The fourth-order valence-electron chi connectivity index (χ4n) is 4.40. The average molecular weight is 409 g/mol. The predicted molar refractivity (Wildman–Crippen MR) is 113 cm³/mol. The van der Waals surface area contributed by atoms with Crippen LogP contribution in [0.3, 0.4) is 0 Å². The van der Waals surface area contributed by atoms with Crippen LogP contribution in [-0.2, 0) is 9.59 Å². The highest BCUT2D eigenvalue weighted by Crippen LogP contribution is 2.22. The molecule has 0 spiro atoms. The van der Waals surface area contributed by atoms with Crippen molar-refractivity contribution >= 4 is 17.7 Å². The van der Waals surface area contributed by atoms with Gasteiger partial charge in [-0.05, 0) is 63.0 Å². The van der Waals surface area contributed by atoms with Crippen molar-refractivity contribution in [1.29, 1.82) is 0 Å². The minimum absolute atomic E-state index is 0.0108. The number of amides is 3. The molecule has 0 bridgehead atoms. The third-order valence-corrected chi connectivity index (χ3v) is 6.14. The third-order valence-electron chi connectivity index (χ3n) is 6.14. The van der Waals surface area contributed by atoms with Crippen molar-refractivity contribution in [1.82, 2.24) is 20.4 Å². The maximum Gasteiger partial charge on any atom is 0.255 e. The Morgan fingerprint density at radius 1 is 0.967 bits per heavy atom. The quantitative estimate of drug-likeness (QED) is 0.708. The maximum atomic E-state index is 12.9. The summed E-state index contributed by atoms with van der Waals surface area (Å²) >= 11 is 0. The molecule has 3 heterocycles. The zero-order valence-electron chi connectivity index (χ0n) is 17.2. The van der Waals surface area contributed by atoms with Crippen LogP contribution in [-0.4, -0.2) is 72.3 Å². The fourth-order valence-corrected chi connectivity index (χ4v) is 4.40. The Labute approximate surface area is 177 Å². The normalized spacial score (nSPS) is 23.2. The first-order valence-corrected chi connectivity index (χ1v) is 10.8. The van der Waals surface area contributed by atoms with Crippen molar-refractivity contribution in [2.45, 2.75) is 44.2 Å². The molecule has 158 valence electrons. The molecule has 1 aromatic carbocycles. The van der Waals surface area contributed by atoms with Crippen LogP contribution in [0.25, 0.3) is 0 Å². The van der Waals surface area contributed by atoms with E-state index in [-0.39, 0.29) is 24.3 Å². The number of carbonyl (C=O) groups excluding carboxylic acids is 3. The number of nitrogens with zero attached hydrogens (tertiary/aromatic N) is 2. The van der Waals surface area contributed by atoms with Crippen LogP contribution >= 0.6 is 0 Å². The molecular weight excluding hydrogens is 380 g/mol. The largest absolute Gasteiger partial charge is 0.344 e. The SMILES string of the molecule is O=C1CNC(=O)C(C#Cc2ccc(C(=O)N3CCC(N4CCCCC4)CC3)cc2)N1. The van der Waals surface area contributed by atoms with E-state index in [9.17, 15) is 14.4 Å². The lowest BCUT2D eigenvalue weighted by Crippen LogP contribution is -2.55. The summed E-state index contributed by atoms with van der Waals surface area (Å²) in [6.45, 7) is 4.00. The molecule has 3 amide bonds. The molecule has 7 heteroatoms. The zero-order valence-corrected chi connectivity index (χ0v) is 17.2. The molecule has 2 N–H and O–H groups in total. The third kappa shape index (κ3) is 4.82. The second-order valence-corrected chi connectivity index (χ2v) is 8.19. The number of hydrogen-bond donors (Lipinski definition) is 2. The van der Waals surface area contributed by atoms with Crippen molar-refractivity contribution in [3.8, 4) is 11.8 Å². The van der Waals surface area contributed by atoms with Gasteiger partial charge in [-0.2, -0.15) is 0 Å². The second kappa shape index (κ2) is 9.31. The second-order valence-electron chi connectivity index (χ2n) is 8.19. The summed E-state index contributed by atoms with van der Waals surface area (Å²) in [5.41, 5.74) is 1.35. The Hall–Kier alpha value is -2.85. The molecule has 7 nitrogen and oxygen atoms in total. The van der Waals surface area contributed by atoms with Crippen LogP contribution in [0.15, 0.2) is 24.3 Å². The summed E-state index contributed by atoms with van der Waals surface area (Å²) < 4.78 is 0. The highest BCUT2D eigenvalue weighted by molar-refractivity contribution is 5.97. The van der Waals surface area contributed by atoms with E-state index in [1.165, 1.54) is 32.4 Å². The zero-order chi connectivity index (χ0) is 20.9. The van der Waals surface area contributed by atoms with Crippen LogP contribution in [0, 0.1) is 11.8 Å².